The number of aromatic nitrogens is 1. The van der Waals surface area contributed by atoms with Crippen LogP contribution in [0.5, 0.6) is 0 Å². The lowest BCUT2D eigenvalue weighted by Gasteiger charge is -2.17. The molecule has 2 heterocycles. The number of likely N-dealkylation sites (N-methyl/N-ethyl adjacent to an activating group) is 1. The van der Waals surface area contributed by atoms with Gasteiger partial charge in [0.05, 0.1) is 31.4 Å². The Kier molecular flexibility index (Phi) is 6.47. The zero-order valence-corrected chi connectivity index (χ0v) is 20.0. The molecule has 0 unspecified atom stereocenters. The van der Waals surface area contributed by atoms with Gasteiger partial charge in [0.1, 0.15) is 0 Å². The summed E-state index contributed by atoms with van der Waals surface area (Å²) in [6, 6.07) is 20.9. The zero-order chi connectivity index (χ0) is 26.2. The molecule has 6 nitrogen and oxygen atoms in total. The number of aromatic amines is 1. The van der Waals surface area contributed by atoms with Gasteiger partial charge in [-0.2, -0.15) is 13.2 Å². The quantitative estimate of drug-likeness (QED) is 0.366. The Morgan fingerprint density at radius 1 is 0.973 bits per heavy atom. The Bertz CT molecular complexity index is 1500. The highest BCUT2D eigenvalue weighted by molar-refractivity contribution is 5.97. The van der Waals surface area contributed by atoms with E-state index in [1.807, 2.05) is 30.3 Å². The van der Waals surface area contributed by atoms with Gasteiger partial charge in [-0.25, -0.2) is 4.79 Å². The topological polar surface area (TPSA) is 65.6 Å². The van der Waals surface area contributed by atoms with Crippen LogP contribution < -0.4 is 10.5 Å². The maximum atomic E-state index is 13.5. The summed E-state index contributed by atoms with van der Waals surface area (Å²) >= 11 is 0. The summed E-state index contributed by atoms with van der Waals surface area (Å²) in [5, 5.41) is 0.757. The average Bonchev–Trinajstić information content (AvgIpc) is 3.17. The summed E-state index contributed by atoms with van der Waals surface area (Å²) in [4.78, 5) is 31.6. The number of carbonyl (C=O) groups excluding carboxylic acids is 1. The number of pyridine rings is 1. The molecule has 1 atom stereocenters. The molecular formula is C28H24F3N3O3. The molecule has 1 fully saturated rings. The maximum Gasteiger partial charge on any atom is 0.417 e. The van der Waals surface area contributed by atoms with Crippen molar-refractivity contribution in [2.75, 3.05) is 25.1 Å². The van der Waals surface area contributed by atoms with E-state index in [0.29, 0.717) is 30.8 Å². The van der Waals surface area contributed by atoms with Crippen molar-refractivity contribution in [1.82, 2.24) is 9.88 Å². The van der Waals surface area contributed by atoms with Crippen molar-refractivity contribution in [3.05, 3.63) is 100 Å². The van der Waals surface area contributed by atoms with Crippen LogP contribution in [0, 0.1) is 0 Å². The lowest BCUT2D eigenvalue weighted by Crippen LogP contribution is -2.33. The molecule has 9 heteroatoms. The van der Waals surface area contributed by atoms with Crippen LogP contribution in [0.2, 0.25) is 0 Å². The fraction of sp³-hybridized carbons (Fsp3) is 0.214. The Balaban J connectivity index is 1.38. The molecule has 37 heavy (non-hydrogen) atoms. The number of alkyl halides is 3. The van der Waals surface area contributed by atoms with E-state index in [4.69, 9.17) is 4.74 Å². The highest BCUT2D eigenvalue weighted by Crippen LogP contribution is 2.36. The Morgan fingerprint density at radius 2 is 1.70 bits per heavy atom. The number of H-pyrrole nitrogens is 1. The molecule has 5 rings (SSSR count). The minimum Gasteiger partial charge on any atom is -0.375 e. The molecule has 0 radical (unpaired) electrons. The number of anilines is 1. The van der Waals surface area contributed by atoms with Gasteiger partial charge in [-0.05, 0) is 35.2 Å². The first-order valence-corrected chi connectivity index (χ1v) is 11.7. The molecule has 0 bridgehead atoms. The van der Waals surface area contributed by atoms with E-state index in [-0.39, 0.29) is 28.7 Å². The molecule has 3 aromatic carbocycles. The van der Waals surface area contributed by atoms with E-state index in [0.717, 1.165) is 11.6 Å². The first kappa shape index (κ1) is 24.6. The summed E-state index contributed by atoms with van der Waals surface area (Å²) in [6.07, 6.45) is -4.56. The second kappa shape index (κ2) is 9.74. The zero-order valence-electron chi connectivity index (χ0n) is 20.0. The highest BCUT2D eigenvalue weighted by atomic mass is 19.4. The molecule has 1 aliphatic rings. The van der Waals surface area contributed by atoms with Crippen molar-refractivity contribution in [3.63, 3.8) is 0 Å². The number of nitrogens with zero attached hydrogens (tertiary/aromatic N) is 2. The SMILES string of the molecule is CN1C(=O)N(c2ccc3cc(-c4ccccc4C(F)(F)F)[nH]c(=O)c3c2)C[C@@H]1COCc1ccccc1. The maximum absolute atomic E-state index is 13.5. The monoisotopic (exact) mass is 507 g/mol. The molecule has 0 spiro atoms. The van der Waals surface area contributed by atoms with Crippen LogP contribution in [0.1, 0.15) is 11.1 Å². The molecule has 0 saturated carbocycles. The second-order valence-electron chi connectivity index (χ2n) is 8.99. The number of ether oxygens (including phenoxy) is 1. The predicted octanol–water partition coefficient (Wildman–Crippen LogP) is 5.67. The molecule has 2 amide bonds. The summed E-state index contributed by atoms with van der Waals surface area (Å²) in [5.74, 6) is 0. The number of rotatable bonds is 6. The van der Waals surface area contributed by atoms with Crippen molar-refractivity contribution in [3.8, 4) is 11.3 Å². The number of nitrogens with one attached hydrogen (secondary N) is 1. The van der Waals surface area contributed by atoms with Crippen molar-refractivity contribution in [1.29, 1.82) is 0 Å². The van der Waals surface area contributed by atoms with Crippen molar-refractivity contribution in [2.45, 2.75) is 18.8 Å². The number of hydrogen-bond donors (Lipinski definition) is 1. The van der Waals surface area contributed by atoms with E-state index < -0.39 is 17.3 Å². The number of amides is 2. The van der Waals surface area contributed by atoms with Gasteiger partial charge in [0.2, 0.25) is 0 Å². The molecule has 1 N–H and O–H groups in total. The molecule has 1 aliphatic heterocycles. The summed E-state index contributed by atoms with van der Waals surface area (Å²) in [5.41, 5.74) is 0.182. The van der Waals surface area contributed by atoms with Crippen LogP contribution >= 0.6 is 0 Å². The normalized spacial score (nSPS) is 16.1. The Morgan fingerprint density at radius 3 is 2.46 bits per heavy atom. The average molecular weight is 508 g/mol. The van der Waals surface area contributed by atoms with Crippen LogP contribution in [0.4, 0.5) is 23.7 Å². The number of urea groups is 1. The van der Waals surface area contributed by atoms with Gasteiger partial charge < -0.3 is 14.6 Å². The summed E-state index contributed by atoms with van der Waals surface area (Å²) < 4.78 is 46.3. The largest absolute Gasteiger partial charge is 0.417 e. The highest BCUT2D eigenvalue weighted by Gasteiger charge is 2.36. The third-order valence-corrected chi connectivity index (χ3v) is 6.56. The van der Waals surface area contributed by atoms with Crippen LogP contribution in [-0.4, -0.2) is 42.2 Å². The van der Waals surface area contributed by atoms with Crippen LogP contribution in [-0.2, 0) is 17.5 Å². The van der Waals surface area contributed by atoms with Crippen LogP contribution in [0.25, 0.3) is 22.0 Å². The number of benzene rings is 3. The first-order valence-electron chi connectivity index (χ1n) is 11.7. The molecule has 4 aromatic rings. The number of fused-ring (bicyclic) bond motifs is 1. The van der Waals surface area contributed by atoms with Gasteiger partial charge in [-0.15, -0.1) is 0 Å². The van der Waals surface area contributed by atoms with Crippen LogP contribution in [0.3, 0.4) is 0 Å². The van der Waals surface area contributed by atoms with Gasteiger partial charge in [0.25, 0.3) is 5.56 Å². The van der Waals surface area contributed by atoms with Crippen molar-refractivity contribution < 1.29 is 22.7 Å². The van der Waals surface area contributed by atoms with E-state index in [1.165, 1.54) is 24.3 Å². The standard InChI is InChI=1S/C28H24F3N3O3/c1-33-21(17-37-16-18-7-3-2-4-8-18)15-34(27(33)36)20-12-11-19-13-25(32-26(35)23(19)14-20)22-9-5-6-10-24(22)28(29,30)31/h2-14,21H,15-17H2,1H3,(H,32,35)/t21-/m1/s1. The first-order chi connectivity index (χ1) is 17.7. The van der Waals surface area contributed by atoms with Crippen molar-refractivity contribution >= 4 is 22.5 Å². The molecule has 1 aromatic heterocycles. The van der Waals surface area contributed by atoms with Crippen molar-refractivity contribution in [2.24, 2.45) is 0 Å². The predicted molar refractivity (Wildman–Crippen MR) is 135 cm³/mol. The lowest BCUT2D eigenvalue weighted by atomic mass is 10.0. The van der Waals surface area contributed by atoms with Crippen LogP contribution in [0.15, 0.2) is 83.7 Å². The van der Waals surface area contributed by atoms with Gasteiger partial charge in [-0.1, -0.05) is 54.6 Å². The fourth-order valence-electron chi connectivity index (χ4n) is 4.55. The molecule has 190 valence electrons. The summed E-state index contributed by atoms with van der Waals surface area (Å²) in [6.45, 7) is 1.17. The Hall–Kier alpha value is -4.11. The molecule has 0 aliphatic carbocycles. The lowest BCUT2D eigenvalue weighted by molar-refractivity contribution is -0.137. The minimum absolute atomic E-state index is 0.0748. The Labute approximate surface area is 210 Å². The van der Waals surface area contributed by atoms with E-state index in [2.05, 4.69) is 4.98 Å². The molecular weight excluding hydrogens is 483 g/mol. The summed E-state index contributed by atoms with van der Waals surface area (Å²) in [7, 11) is 1.71. The smallest absolute Gasteiger partial charge is 0.375 e. The fourth-order valence-corrected chi connectivity index (χ4v) is 4.55. The van der Waals surface area contributed by atoms with Gasteiger partial charge in [0.15, 0.2) is 0 Å². The minimum atomic E-state index is -4.56. The number of carbonyl (C=O) groups is 1. The van der Waals surface area contributed by atoms with E-state index in [9.17, 15) is 22.8 Å². The number of halogens is 3. The molecule has 1 saturated heterocycles. The van der Waals surface area contributed by atoms with Gasteiger partial charge in [0, 0.05) is 29.4 Å². The third-order valence-electron chi connectivity index (χ3n) is 6.56. The van der Waals surface area contributed by atoms with Gasteiger partial charge >= 0.3 is 12.2 Å². The second-order valence-corrected chi connectivity index (χ2v) is 8.99. The third kappa shape index (κ3) is 4.95. The number of hydrogen-bond acceptors (Lipinski definition) is 3. The van der Waals surface area contributed by atoms with Gasteiger partial charge in [-0.3, -0.25) is 9.69 Å². The van der Waals surface area contributed by atoms with E-state index in [1.54, 1.807) is 35.0 Å². The van der Waals surface area contributed by atoms with E-state index >= 15 is 0 Å².